The van der Waals surface area contributed by atoms with Crippen molar-refractivity contribution in [3.05, 3.63) is 64.9 Å². The molecule has 0 bridgehead atoms. The van der Waals surface area contributed by atoms with E-state index in [0.717, 1.165) is 5.56 Å². The summed E-state index contributed by atoms with van der Waals surface area (Å²) in [6.45, 7) is 0.315. The first-order valence-corrected chi connectivity index (χ1v) is 5.16. The average Bonchev–Trinajstić information content (AvgIpc) is 2.28. The maximum Gasteiger partial charge on any atom is 2.00 e. The Kier molecular flexibility index (Phi) is 8.60. The van der Waals surface area contributed by atoms with Gasteiger partial charge in [0.15, 0.2) is 0 Å². The van der Waals surface area contributed by atoms with Crippen molar-refractivity contribution < 1.29 is 26.1 Å². The van der Waals surface area contributed by atoms with Gasteiger partial charge in [-0.25, -0.2) is 4.39 Å². The predicted molar refractivity (Wildman–Crippen MR) is 66.8 cm³/mol. The first kappa shape index (κ1) is 17.7. The van der Waals surface area contributed by atoms with E-state index in [-0.39, 0.29) is 45.9 Å². The molecule has 0 amide bonds. The van der Waals surface area contributed by atoms with Crippen LogP contribution in [0.1, 0.15) is 5.56 Å². The fourth-order valence-corrected chi connectivity index (χ4v) is 1.39. The molecule has 0 aromatic heterocycles. The van der Waals surface area contributed by atoms with Crippen molar-refractivity contribution in [1.82, 2.24) is 0 Å². The first-order chi connectivity index (χ1) is 7.74. The van der Waals surface area contributed by atoms with E-state index in [1.807, 2.05) is 0 Å². The summed E-state index contributed by atoms with van der Waals surface area (Å²) in [4.78, 5) is 0. The topological polar surface area (TPSA) is 9.23 Å². The molecule has 0 N–H and O–H groups in total. The minimum absolute atomic E-state index is 0. The molecule has 1 nitrogen and oxygen atoms in total. The van der Waals surface area contributed by atoms with Crippen LogP contribution in [0.3, 0.4) is 0 Å². The van der Waals surface area contributed by atoms with Gasteiger partial charge in [-0.3, -0.25) is 0 Å². The SMILES string of the molecule is Fc1cccc(COc2[c-]cc(Cl)cc2)c1.[Br-].[Mg+2]. The molecule has 0 radical (unpaired) electrons. The summed E-state index contributed by atoms with van der Waals surface area (Å²) in [5, 5.41) is 0.609. The van der Waals surface area contributed by atoms with Crippen molar-refractivity contribution in [1.29, 1.82) is 0 Å². The van der Waals surface area contributed by atoms with Crippen LogP contribution < -0.4 is 21.7 Å². The van der Waals surface area contributed by atoms with Crippen LogP contribution in [-0.4, -0.2) is 23.1 Å². The largest absolute Gasteiger partial charge is 2.00 e. The predicted octanol–water partition coefficient (Wildman–Crippen LogP) is 0.481. The molecule has 0 saturated carbocycles. The molecule has 0 heterocycles. The molecular formula is C13H9BrClFMgO. The van der Waals surface area contributed by atoms with Gasteiger partial charge in [0, 0.05) is 5.75 Å². The summed E-state index contributed by atoms with van der Waals surface area (Å²) < 4.78 is 18.3. The molecule has 0 fully saturated rings. The molecule has 2 rings (SSSR count). The van der Waals surface area contributed by atoms with Gasteiger partial charge in [-0.2, -0.15) is 23.7 Å². The molecule has 90 valence electrons. The van der Waals surface area contributed by atoms with E-state index in [2.05, 4.69) is 6.07 Å². The van der Waals surface area contributed by atoms with Gasteiger partial charge in [0.1, 0.15) is 12.4 Å². The third kappa shape index (κ3) is 5.56. The maximum absolute atomic E-state index is 12.9. The molecule has 0 aliphatic carbocycles. The molecule has 0 saturated heterocycles. The molecule has 0 unspecified atom stereocenters. The van der Waals surface area contributed by atoms with Gasteiger partial charge in [0.2, 0.25) is 0 Å². The number of halogens is 3. The molecular weight excluding hydrogens is 331 g/mol. The summed E-state index contributed by atoms with van der Waals surface area (Å²) in [6.07, 6.45) is 0. The monoisotopic (exact) mass is 338 g/mol. The van der Waals surface area contributed by atoms with E-state index in [0.29, 0.717) is 17.4 Å². The maximum atomic E-state index is 12.9. The van der Waals surface area contributed by atoms with Crippen LogP contribution in [0, 0.1) is 11.9 Å². The summed E-state index contributed by atoms with van der Waals surface area (Å²) in [5.74, 6) is 0.329. The van der Waals surface area contributed by atoms with Crippen molar-refractivity contribution >= 4 is 34.7 Å². The van der Waals surface area contributed by atoms with E-state index < -0.39 is 0 Å². The van der Waals surface area contributed by atoms with Crippen molar-refractivity contribution in [3.63, 3.8) is 0 Å². The fourth-order valence-electron chi connectivity index (χ4n) is 1.27. The average molecular weight is 340 g/mol. The van der Waals surface area contributed by atoms with Crippen molar-refractivity contribution in [2.45, 2.75) is 6.61 Å². The number of hydrogen-bond donors (Lipinski definition) is 0. The van der Waals surface area contributed by atoms with Gasteiger partial charge >= 0.3 is 23.1 Å². The van der Waals surface area contributed by atoms with E-state index in [1.165, 1.54) is 12.1 Å². The normalized spacial score (nSPS) is 9.00. The van der Waals surface area contributed by atoms with E-state index in [1.54, 1.807) is 30.3 Å². The third-order valence-corrected chi connectivity index (χ3v) is 2.26. The van der Waals surface area contributed by atoms with Crippen LogP contribution in [0.25, 0.3) is 0 Å². The van der Waals surface area contributed by atoms with Crippen molar-refractivity contribution in [2.75, 3.05) is 0 Å². The standard InChI is InChI=1S/C13H9ClFO.BrH.Mg/c14-11-4-6-13(7-5-11)16-9-10-2-1-3-12(15)8-10;;/h1-6,8H,9H2;1H;/q-1;;+2/p-1. The fraction of sp³-hybridized carbons (Fsp3) is 0.0769. The molecule has 0 atom stereocenters. The van der Waals surface area contributed by atoms with E-state index in [9.17, 15) is 4.39 Å². The Balaban J connectivity index is 0.00000144. The van der Waals surface area contributed by atoms with Crippen LogP contribution in [-0.2, 0) is 6.61 Å². The smallest absolute Gasteiger partial charge is 1.00 e. The Hall–Kier alpha value is -0.294. The molecule has 5 heteroatoms. The summed E-state index contributed by atoms with van der Waals surface area (Å²) in [6, 6.07) is 14.2. The third-order valence-electron chi connectivity index (χ3n) is 2.03. The van der Waals surface area contributed by atoms with Crippen LogP contribution in [0.5, 0.6) is 5.75 Å². The molecule has 0 spiro atoms. The zero-order chi connectivity index (χ0) is 11.4. The molecule has 2 aromatic rings. The van der Waals surface area contributed by atoms with Gasteiger partial charge in [0.25, 0.3) is 0 Å². The number of benzene rings is 2. The van der Waals surface area contributed by atoms with Gasteiger partial charge in [-0.15, -0.1) is 12.1 Å². The zero-order valence-electron chi connectivity index (χ0n) is 9.50. The summed E-state index contributed by atoms with van der Waals surface area (Å²) in [5.41, 5.74) is 0.781. The first-order valence-electron chi connectivity index (χ1n) is 4.78. The zero-order valence-corrected chi connectivity index (χ0v) is 13.3. The van der Waals surface area contributed by atoms with Crippen molar-refractivity contribution in [3.8, 4) is 5.75 Å². The van der Waals surface area contributed by atoms with Gasteiger partial charge in [-0.05, 0) is 17.7 Å². The number of ether oxygens (including phenoxy) is 1. The van der Waals surface area contributed by atoms with Gasteiger partial charge in [0.05, 0.1) is 0 Å². The molecule has 18 heavy (non-hydrogen) atoms. The van der Waals surface area contributed by atoms with Crippen LogP contribution in [0.4, 0.5) is 4.39 Å². The Morgan fingerprint density at radius 3 is 2.61 bits per heavy atom. The van der Waals surface area contributed by atoms with Crippen LogP contribution >= 0.6 is 11.6 Å². The Morgan fingerprint density at radius 2 is 2.00 bits per heavy atom. The minimum Gasteiger partial charge on any atom is -1.00 e. The summed E-state index contributed by atoms with van der Waals surface area (Å²) in [7, 11) is 0. The van der Waals surface area contributed by atoms with Crippen molar-refractivity contribution in [2.24, 2.45) is 0 Å². The second kappa shape index (κ2) is 8.75. The van der Waals surface area contributed by atoms with Gasteiger partial charge < -0.3 is 21.7 Å². The van der Waals surface area contributed by atoms with Crippen LogP contribution in [0.2, 0.25) is 5.02 Å². The van der Waals surface area contributed by atoms with Crippen LogP contribution in [0.15, 0.2) is 42.5 Å². The molecule has 2 aromatic carbocycles. The Labute approximate surface area is 137 Å². The van der Waals surface area contributed by atoms with E-state index in [4.69, 9.17) is 16.3 Å². The number of rotatable bonds is 3. The Morgan fingerprint density at radius 1 is 1.22 bits per heavy atom. The molecule has 0 aliphatic rings. The van der Waals surface area contributed by atoms with Gasteiger partial charge in [-0.1, -0.05) is 17.2 Å². The second-order valence-electron chi connectivity index (χ2n) is 3.29. The van der Waals surface area contributed by atoms with E-state index >= 15 is 0 Å². The second-order valence-corrected chi connectivity index (χ2v) is 3.73. The quantitative estimate of drug-likeness (QED) is 0.584. The molecule has 0 aliphatic heterocycles. The summed E-state index contributed by atoms with van der Waals surface area (Å²) >= 11 is 5.71. The minimum atomic E-state index is -0.263. The number of hydrogen-bond acceptors (Lipinski definition) is 1. The Bertz CT molecular complexity index is 479.